The number of likely N-dealkylation sites (N-methyl/N-ethyl adjacent to an activating group) is 1. The molecule has 1 unspecified atom stereocenters. The van der Waals surface area contributed by atoms with Crippen molar-refractivity contribution in [3.8, 4) is 0 Å². The molecule has 0 aliphatic rings. The number of hydrogen-bond donors (Lipinski definition) is 1. The summed E-state index contributed by atoms with van der Waals surface area (Å²) in [6, 6.07) is 15.2. The summed E-state index contributed by atoms with van der Waals surface area (Å²) in [5.74, 6) is -0.399. The van der Waals surface area contributed by atoms with Crippen molar-refractivity contribution in [2.75, 3.05) is 20.1 Å². The van der Waals surface area contributed by atoms with Crippen LogP contribution in [0, 0.1) is 5.82 Å². The van der Waals surface area contributed by atoms with Gasteiger partial charge in [0.25, 0.3) is 0 Å². The fourth-order valence-corrected chi connectivity index (χ4v) is 2.51. The summed E-state index contributed by atoms with van der Waals surface area (Å²) in [6.07, 6.45) is 0.934. The first-order chi connectivity index (χ1) is 10.1. The molecule has 0 aromatic heterocycles. The highest BCUT2D eigenvalue weighted by atomic mass is 35.5. The van der Waals surface area contributed by atoms with Crippen molar-refractivity contribution in [1.82, 2.24) is 4.90 Å². The summed E-state index contributed by atoms with van der Waals surface area (Å²) < 4.78 is 13.6. The second kappa shape index (κ2) is 7.55. The van der Waals surface area contributed by atoms with E-state index in [4.69, 9.17) is 17.3 Å². The summed E-state index contributed by atoms with van der Waals surface area (Å²) in [5, 5.41) is 0.140. The Balaban J connectivity index is 2.04. The number of nitrogens with zero attached hydrogens (tertiary/aromatic N) is 1. The molecule has 1 atom stereocenters. The Morgan fingerprint density at radius 2 is 1.90 bits per heavy atom. The molecule has 2 nitrogen and oxygen atoms in total. The lowest BCUT2D eigenvalue weighted by Gasteiger charge is -2.27. The van der Waals surface area contributed by atoms with Gasteiger partial charge in [0.15, 0.2) is 0 Å². The highest BCUT2D eigenvalue weighted by Gasteiger charge is 2.16. The molecule has 0 aliphatic carbocycles. The molecule has 0 bridgehead atoms. The van der Waals surface area contributed by atoms with Gasteiger partial charge in [0.05, 0.1) is 5.02 Å². The first-order valence-corrected chi connectivity index (χ1v) is 7.39. The van der Waals surface area contributed by atoms with Crippen LogP contribution < -0.4 is 5.73 Å². The summed E-state index contributed by atoms with van der Waals surface area (Å²) in [7, 11) is 2.01. The molecule has 0 amide bonds. The molecule has 0 aliphatic heterocycles. The van der Waals surface area contributed by atoms with E-state index in [1.807, 2.05) is 31.3 Å². The SMILES string of the molecule is CN(CCc1ccccc1)C(CN)c1ccc(Cl)c(F)c1. The zero-order valence-electron chi connectivity index (χ0n) is 12.1. The lowest BCUT2D eigenvalue weighted by atomic mass is 10.0. The van der Waals surface area contributed by atoms with Gasteiger partial charge in [-0.1, -0.05) is 48.0 Å². The van der Waals surface area contributed by atoms with E-state index in [1.165, 1.54) is 11.6 Å². The molecule has 0 heterocycles. The normalized spacial score (nSPS) is 12.6. The number of nitrogens with two attached hydrogens (primary N) is 1. The van der Waals surface area contributed by atoms with E-state index < -0.39 is 5.82 Å². The van der Waals surface area contributed by atoms with Crippen molar-refractivity contribution in [3.05, 3.63) is 70.5 Å². The summed E-state index contributed by atoms with van der Waals surface area (Å²) in [4.78, 5) is 2.15. The highest BCUT2D eigenvalue weighted by molar-refractivity contribution is 6.30. The van der Waals surface area contributed by atoms with Gasteiger partial charge < -0.3 is 5.73 Å². The van der Waals surface area contributed by atoms with Gasteiger partial charge in [-0.2, -0.15) is 0 Å². The Bertz CT molecular complexity index is 574. The molecule has 0 saturated heterocycles. The third kappa shape index (κ3) is 4.27. The van der Waals surface area contributed by atoms with Crippen LogP contribution in [-0.2, 0) is 6.42 Å². The predicted molar refractivity (Wildman–Crippen MR) is 86.0 cm³/mol. The molecule has 21 heavy (non-hydrogen) atoms. The molecule has 2 N–H and O–H groups in total. The third-order valence-electron chi connectivity index (χ3n) is 3.68. The monoisotopic (exact) mass is 306 g/mol. The topological polar surface area (TPSA) is 29.3 Å². The van der Waals surface area contributed by atoms with E-state index in [2.05, 4.69) is 17.0 Å². The van der Waals surface area contributed by atoms with Crippen molar-refractivity contribution >= 4 is 11.6 Å². The van der Waals surface area contributed by atoms with Crippen molar-refractivity contribution in [2.45, 2.75) is 12.5 Å². The lowest BCUT2D eigenvalue weighted by Crippen LogP contribution is -2.32. The summed E-state index contributed by atoms with van der Waals surface area (Å²) >= 11 is 5.73. The van der Waals surface area contributed by atoms with E-state index in [0.29, 0.717) is 6.54 Å². The van der Waals surface area contributed by atoms with Crippen LogP contribution >= 0.6 is 11.6 Å². The Morgan fingerprint density at radius 3 is 2.52 bits per heavy atom. The van der Waals surface area contributed by atoms with E-state index in [-0.39, 0.29) is 11.1 Å². The van der Waals surface area contributed by atoms with Gasteiger partial charge >= 0.3 is 0 Å². The zero-order chi connectivity index (χ0) is 15.2. The zero-order valence-corrected chi connectivity index (χ0v) is 12.9. The van der Waals surface area contributed by atoms with Crippen molar-refractivity contribution < 1.29 is 4.39 Å². The van der Waals surface area contributed by atoms with Crippen LogP contribution in [0.15, 0.2) is 48.5 Å². The Labute approximate surface area is 130 Å². The van der Waals surface area contributed by atoms with Crippen molar-refractivity contribution in [1.29, 1.82) is 0 Å². The van der Waals surface area contributed by atoms with E-state index in [9.17, 15) is 4.39 Å². The first kappa shape index (κ1) is 16.0. The number of halogens is 2. The molecule has 4 heteroatoms. The van der Waals surface area contributed by atoms with Gasteiger partial charge in [0.2, 0.25) is 0 Å². The smallest absolute Gasteiger partial charge is 0.142 e. The van der Waals surface area contributed by atoms with Crippen LogP contribution in [-0.4, -0.2) is 25.0 Å². The maximum absolute atomic E-state index is 13.6. The van der Waals surface area contributed by atoms with Crippen LogP contribution in [0.25, 0.3) is 0 Å². The van der Waals surface area contributed by atoms with Crippen molar-refractivity contribution in [3.63, 3.8) is 0 Å². The third-order valence-corrected chi connectivity index (χ3v) is 3.99. The van der Waals surface area contributed by atoms with E-state index in [1.54, 1.807) is 6.07 Å². The molecule has 2 aromatic rings. The minimum atomic E-state index is -0.399. The van der Waals surface area contributed by atoms with Gasteiger partial charge in [0.1, 0.15) is 5.82 Å². The van der Waals surface area contributed by atoms with Gasteiger partial charge in [-0.05, 0) is 36.7 Å². The van der Waals surface area contributed by atoms with Crippen LogP contribution in [0.3, 0.4) is 0 Å². The first-order valence-electron chi connectivity index (χ1n) is 7.01. The Morgan fingerprint density at radius 1 is 1.19 bits per heavy atom. The number of benzene rings is 2. The quantitative estimate of drug-likeness (QED) is 0.882. The summed E-state index contributed by atoms with van der Waals surface area (Å²) in [5.41, 5.74) is 8.00. The van der Waals surface area contributed by atoms with Crippen LogP contribution in [0.5, 0.6) is 0 Å². The fraction of sp³-hybridized carbons (Fsp3) is 0.294. The van der Waals surface area contributed by atoms with Gasteiger partial charge in [-0.15, -0.1) is 0 Å². The molecule has 0 saturated carbocycles. The largest absolute Gasteiger partial charge is 0.329 e. The van der Waals surface area contributed by atoms with Gasteiger partial charge in [-0.3, -0.25) is 4.90 Å². The molecule has 2 aromatic carbocycles. The second-order valence-corrected chi connectivity index (χ2v) is 5.55. The second-order valence-electron chi connectivity index (χ2n) is 5.14. The Kier molecular flexibility index (Phi) is 5.74. The van der Waals surface area contributed by atoms with Crippen LogP contribution in [0.1, 0.15) is 17.2 Å². The molecular formula is C17H20ClFN2. The maximum Gasteiger partial charge on any atom is 0.142 e. The van der Waals surface area contributed by atoms with E-state index >= 15 is 0 Å². The molecule has 0 spiro atoms. The van der Waals surface area contributed by atoms with E-state index in [0.717, 1.165) is 18.5 Å². The maximum atomic E-state index is 13.6. The average Bonchev–Trinajstić information content (AvgIpc) is 2.50. The van der Waals surface area contributed by atoms with Gasteiger partial charge in [-0.25, -0.2) is 4.39 Å². The number of hydrogen-bond acceptors (Lipinski definition) is 2. The van der Waals surface area contributed by atoms with Crippen molar-refractivity contribution in [2.24, 2.45) is 5.73 Å². The fourth-order valence-electron chi connectivity index (χ4n) is 2.40. The van der Waals surface area contributed by atoms with Gasteiger partial charge in [0, 0.05) is 19.1 Å². The molecular weight excluding hydrogens is 287 g/mol. The minimum absolute atomic E-state index is 0.0134. The standard InChI is InChI=1S/C17H20ClFN2/c1-21(10-9-13-5-3-2-4-6-13)17(12-20)14-7-8-15(18)16(19)11-14/h2-8,11,17H,9-10,12,20H2,1H3. The average molecular weight is 307 g/mol. The number of rotatable bonds is 6. The molecule has 0 radical (unpaired) electrons. The molecule has 2 rings (SSSR count). The van der Waals surface area contributed by atoms with Crippen LogP contribution in [0.2, 0.25) is 5.02 Å². The molecule has 0 fully saturated rings. The highest BCUT2D eigenvalue weighted by Crippen LogP contribution is 2.23. The minimum Gasteiger partial charge on any atom is -0.329 e. The lowest BCUT2D eigenvalue weighted by molar-refractivity contribution is 0.253. The Hall–Kier alpha value is -1.42. The molecule has 112 valence electrons. The predicted octanol–water partition coefficient (Wildman–Crippen LogP) is 3.65. The summed E-state index contributed by atoms with van der Waals surface area (Å²) in [6.45, 7) is 1.29. The van der Waals surface area contributed by atoms with Crippen LogP contribution in [0.4, 0.5) is 4.39 Å².